The molecule has 3 aromatic rings. The third kappa shape index (κ3) is 4.52. The van der Waals surface area contributed by atoms with Crippen molar-refractivity contribution in [3.8, 4) is 0 Å². The lowest BCUT2D eigenvalue weighted by atomic mass is 9.55. The van der Waals surface area contributed by atoms with Crippen LogP contribution >= 0.6 is 23.2 Å². The van der Waals surface area contributed by atoms with Crippen molar-refractivity contribution in [3.63, 3.8) is 0 Å². The molecule has 4 aliphatic rings. The Bertz CT molecular complexity index is 1460. The molecule has 1 N–H and O–H groups in total. The maximum Gasteiger partial charge on any atom is 0.329 e. The maximum absolute atomic E-state index is 14.1. The van der Waals surface area contributed by atoms with Gasteiger partial charge in [-0.15, -0.1) is 0 Å². The molecule has 0 unspecified atom stereocenters. The largest absolute Gasteiger partial charge is 0.454 e. The first-order valence-corrected chi connectivity index (χ1v) is 14.5. The number of anilines is 1. The number of hydrogen-bond acceptors (Lipinski definition) is 5. The second-order valence-corrected chi connectivity index (χ2v) is 11.5. The highest BCUT2D eigenvalue weighted by atomic mass is 35.5. The highest BCUT2D eigenvalue weighted by Gasteiger charge is 2.63. The van der Waals surface area contributed by atoms with Crippen LogP contribution in [0.4, 0.5) is 5.69 Å². The number of halogens is 2. The van der Waals surface area contributed by atoms with Gasteiger partial charge in [0.1, 0.15) is 6.04 Å². The Morgan fingerprint density at radius 2 is 1.39 bits per heavy atom. The molecule has 1 fully saturated rings. The van der Waals surface area contributed by atoms with E-state index in [-0.39, 0.29) is 45.8 Å². The van der Waals surface area contributed by atoms with Gasteiger partial charge in [-0.25, -0.2) is 4.79 Å². The molecule has 3 atom stereocenters. The van der Waals surface area contributed by atoms with Gasteiger partial charge in [0.15, 0.2) is 6.61 Å². The Morgan fingerprint density at radius 3 is 1.90 bits per heavy atom. The molecule has 3 aromatic carbocycles. The molecule has 2 bridgehead atoms. The van der Waals surface area contributed by atoms with Gasteiger partial charge in [0, 0.05) is 11.8 Å². The fourth-order valence-electron chi connectivity index (χ4n) is 6.78. The minimum absolute atomic E-state index is 0.169. The number of nitrogens with one attached hydrogen (secondary N) is 1. The van der Waals surface area contributed by atoms with Gasteiger partial charge in [-0.3, -0.25) is 19.3 Å². The summed E-state index contributed by atoms with van der Waals surface area (Å²) >= 11 is 12.2. The second-order valence-electron chi connectivity index (χ2n) is 10.7. The number of carbonyl (C=O) groups is 4. The Labute approximate surface area is 247 Å². The van der Waals surface area contributed by atoms with Gasteiger partial charge in [0.05, 0.1) is 27.6 Å². The smallest absolute Gasteiger partial charge is 0.329 e. The molecule has 0 spiro atoms. The van der Waals surface area contributed by atoms with Crippen LogP contribution in [-0.4, -0.2) is 41.2 Å². The molecule has 0 saturated carbocycles. The first kappa shape index (κ1) is 27.5. The molecule has 3 amide bonds. The number of rotatable bonds is 8. The molecule has 3 aliphatic carbocycles. The zero-order valence-electron chi connectivity index (χ0n) is 22.3. The zero-order chi connectivity index (χ0) is 28.8. The highest BCUT2D eigenvalue weighted by Crippen LogP contribution is 2.61. The van der Waals surface area contributed by atoms with E-state index in [1.807, 2.05) is 55.5 Å². The predicted molar refractivity (Wildman–Crippen MR) is 155 cm³/mol. The Balaban J connectivity index is 1.26. The molecule has 0 aromatic heterocycles. The van der Waals surface area contributed by atoms with E-state index in [4.69, 9.17) is 27.9 Å². The number of esters is 1. The summed E-state index contributed by atoms with van der Waals surface area (Å²) < 4.78 is 5.39. The average Bonchev–Trinajstić information content (AvgIpc) is 3.24. The Morgan fingerprint density at radius 1 is 0.854 bits per heavy atom. The normalized spacial score (nSPS) is 22.6. The van der Waals surface area contributed by atoms with Crippen LogP contribution in [0.15, 0.2) is 66.7 Å². The predicted octanol–water partition coefficient (Wildman–Crippen LogP) is 5.93. The number of ether oxygens (including phenoxy) is 1. The van der Waals surface area contributed by atoms with E-state index in [9.17, 15) is 19.2 Å². The van der Waals surface area contributed by atoms with Gasteiger partial charge in [-0.2, -0.15) is 0 Å². The molecule has 9 heteroatoms. The fraction of sp³-hybridized carbons (Fsp3) is 0.312. The SMILES string of the molecule is CCCC[C@H](C(=O)OCC(=O)Nc1cccc(Cl)c1Cl)N1C(=O)[C@@H]2C3c4ccccc4C(c4ccccc43)[C@@H]2C1=O. The van der Waals surface area contributed by atoms with Gasteiger partial charge < -0.3 is 10.1 Å². The van der Waals surface area contributed by atoms with Crippen LogP contribution in [0.3, 0.4) is 0 Å². The van der Waals surface area contributed by atoms with Crippen molar-refractivity contribution in [3.05, 3.63) is 99.0 Å². The van der Waals surface area contributed by atoms with Crippen LogP contribution in [0.2, 0.25) is 10.0 Å². The van der Waals surface area contributed by atoms with Crippen LogP contribution in [-0.2, 0) is 23.9 Å². The summed E-state index contributed by atoms with van der Waals surface area (Å²) in [7, 11) is 0. The number of unbranched alkanes of at least 4 members (excludes halogenated alkanes) is 1. The summed E-state index contributed by atoms with van der Waals surface area (Å²) in [5.74, 6) is -3.84. The molecular formula is C32H28Cl2N2O5. The number of nitrogens with zero attached hydrogens (tertiary/aromatic N) is 1. The molecule has 7 rings (SSSR count). The van der Waals surface area contributed by atoms with E-state index in [0.717, 1.165) is 33.6 Å². The minimum atomic E-state index is -1.12. The monoisotopic (exact) mass is 590 g/mol. The molecule has 0 radical (unpaired) electrons. The summed E-state index contributed by atoms with van der Waals surface area (Å²) in [5.41, 5.74) is 4.52. The molecule has 7 nitrogen and oxygen atoms in total. The fourth-order valence-corrected chi connectivity index (χ4v) is 7.12. The highest BCUT2D eigenvalue weighted by molar-refractivity contribution is 6.44. The number of carbonyl (C=O) groups excluding carboxylic acids is 4. The third-order valence-electron chi connectivity index (χ3n) is 8.47. The van der Waals surface area contributed by atoms with Crippen molar-refractivity contribution in [2.45, 2.75) is 44.1 Å². The molecule has 1 aliphatic heterocycles. The van der Waals surface area contributed by atoms with Gasteiger partial charge in [0.2, 0.25) is 11.8 Å². The van der Waals surface area contributed by atoms with E-state index in [0.29, 0.717) is 6.42 Å². The first-order chi connectivity index (χ1) is 19.8. The summed E-state index contributed by atoms with van der Waals surface area (Å²) in [6, 6.07) is 19.6. The van der Waals surface area contributed by atoms with Gasteiger partial charge in [-0.05, 0) is 40.8 Å². The molecular weight excluding hydrogens is 563 g/mol. The van der Waals surface area contributed by atoms with E-state index >= 15 is 0 Å². The van der Waals surface area contributed by atoms with Crippen LogP contribution in [0.1, 0.15) is 60.3 Å². The Kier molecular flexibility index (Phi) is 7.34. The number of amides is 3. The number of hydrogen-bond donors (Lipinski definition) is 1. The van der Waals surface area contributed by atoms with E-state index in [2.05, 4.69) is 5.32 Å². The van der Waals surface area contributed by atoms with Crippen molar-refractivity contribution in [2.24, 2.45) is 11.8 Å². The zero-order valence-corrected chi connectivity index (χ0v) is 23.8. The quantitative estimate of drug-likeness (QED) is 0.259. The average molecular weight is 591 g/mol. The number of benzene rings is 3. The van der Waals surface area contributed by atoms with Crippen molar-refractivity contribution in [1.82, 2.24) is 4.90 Å². The lowest BCUT2D eigenvalue weighted by Crippen LogP contribution is -2.47. The third-order valence-corrected chi connectivity index (χ3v) is 9.29. The standard InChI is InChI=1S/C32H28Cl2N2O5/c1-2-3-15-23(32(40)41-16-24(37)35-22-14-8-13-21(33)29(22)34)36-30(38)27-25-17-9-4-5-10-18(17)26(28(27)31(36)39)20-12-7-6-11-19(20)25/h4-14,23,25-28H,2-3,15-16H2,1H3,(H,35,37)/t23-,25?,26?,27-,28+/m1/s1. The summed E-state index contributed by atoms with van der Waals surface area (Å²) in [5, 5.41) is 3.02. The van der Waals surface area contributed by atoms with Crippen LogP contribution in [0.5, 0.6) is 0 Å². The molecule has 1 saturated heterocycles. The van der Waals surface area contributed by atoms with Gasteiger partial charge in [0.25, 0.3) is 5.91 Å². The summed E-state index contributed by atoms with van der Waals surface area (Å²) in [6.07, 6.45) is 1.61. The number of imide groups is 1. The van der Waals surface area contributed by atoms with Crippen molar-refractivity contribution < 1.29 is 23.9 Å². The topological polar surface area (TPSA) is 92.8 Å². The molecule has 41 heavy (non-hydrogen) atoms. The summed E-state index contributed by atoms with van der Waals surface area (Å²) in [6.45, 7) is 1.36. The van der Waals surface area contributed by atoms with Crippen molar-refractivity contribution >= 4 is 52.6 Å². The Hall–Kier alpha value is -3.68. The molecule has 210 valence electrons. The second kappa shape index (κ2) is 11.0. The van der Waals surface area contributed by atoms with Crippen LogP contribution < -0.4 is 5.32 Å². The van der Waals surface area contributed by atoms with E-state index < -0.39 is 36.4 Å². The maximum atomic E-state index is 14.1. The summed E-state index contributed by atoms with van der Waals surface area (Å²) in [4.78, 5) is 55.4. The van der Waals surface area contributed by atoms with Crippen molar-refractivity contribution in [2.75, 3.05) is 11.9 Å². The van der Waals surface area contributed by atoms with Crippen molar-refractivity contribution in [1.29, 1.82) is 0 Å². The van der Waals surface area contributed by atoms with Crippen LogP contribution in [0.25, 0.3) is 0 Å². The van der Waals surface area contributed by atoms with Gasteiger partial charge >= 0.3 is 5.97 Å². The molecule has 1 heterocycles. The number of likely N-dealkylation sites (tertiary alicyclic amines) is 1. The lowest BCUT2D eigenvalue weighted by Gasteiger charge is -2.45. The van der Waals surface area contributed by atoms with E-state index in [1.54, 1.807) is 18.2 Å². The van der Waals surface area contributed by atoms with Gasteiger partial charge in [-0.1, -0.05) is 97.6 Å². The minimum Gasteiger partial charge on any atom is -0.454 e. The van der Waals surface area contributed by atoms with Crippen LogP contribution in [0, 0.1) is 11.8 Å². The van der Waals surface area contributed by atoms with E-state index in [1.165, 1.54) is 0 Å². The lowest BCUT2D eigenvalue weighted by molar-refractivity contribution is -0.160. The first-order valence-electron chi connectivity index (χ1n) is 13.8.